The van der Waals surface area contributed by atoms with Gasteiger partial charge < -0.3 is 10.2 Å². The van der Waals surface area contributed by atoms with Crippen molar-refractivity contribution in [2.45, 2.75) is 0 Å². The topological polar surface area (TPSA) is 59.8 Å². The third kappa shape index (κ3) is 1.42. The summed E-state index contributed by atoms with van der Waals surface area (Å²) >= 11 is 11.5. The molecule has 0 atom stereocenters. The molecule has 0 fully saturated rings. The molecule has 1 aromatic carbocycles. The average Bonchev–Trinajstić information content (AvgIpc) is 2.08. The summed E-state index contributed by atoms with van der Waals surface area (Å²) in [5, 5.41) is 11.8. The van der Waals surface area contributed by atoms with E-state index in [9.17, 15) is 10.0 Å². The molecule has 1 aromatic heterocycles. The Labute approximate surface area is 88.3 Å². The van der Waals surface area contributed by atoms with Crippen molar-refractivity contribution in [1.82, 2.24) is 4.98 Å². The van der Waals surface area contributed by atoms with E-state index in [2.05, 4.69) is 4.98 Å². The molecule has 0 spiro atoms. The number of halogens is 2. The molecular weight excluding hydrogens is 227 g/mol. The van der Waals surface area contributed by atoms with Crippen LogP contribution >= 0.6 is 23.2 Å². The fourth-order valence-corrected chi connectivity index (χ4v) is 1.48. The lowest BCUT2D eigenvalue weighted by molar-refractivity contribution is -0.578. The smallest absolute Gasteiger partial charge is 0.314 e. The van der Waals surface area contributed by atoms with Gasteiger partial charge in [-0.25, -0.2) is 0 Å². The molecule has 0 bridgehead atoms. The van der Waals surface area contributed by atoms with Gasteiger partial charge in [0.1, 0.15) is 5.52 Å². The van der Waals surface area contributed by atoms with Crippen molar-refractivity contribution in [2.24, 2.45) is 0 Å². The van der Waals surface area contributed by atoms with Gasteiger partial charge in [0.15, 0.2) is 0 Å². The highest BCUT2D eigenvalue weighted by molar-refractivity contribution is 6.42. The minimum atomic E-state index is -0.481. The first-order valence-electron chi connectivity index (χ1n) is 3.69. The standard InChI is InChI=1S/C8H4Cl2N2O2/c9-4-1-6-7(2-5(4)10)12(14)3-8(13)11-6/h1-3H,(H,11,13). The predicted octanol–water partition coefficient (Wildman–Crippen LogP) is 1.47. The number of rotatable bonds is 0. The van der Waals surface area contributed by atoms with Gasteiger partial charge in [-0.3, -0.25) is 4.79 Å². The molecule has 1 heterocycles. The number of hydrogen-bond donors (Lipinski definition) is 1. The fraction of sp³-hybridized carbons (Fsp3) is 0. The summed E-state index contributed by atoms with van der Waals surface area (Å²) in [7, 11) is 0. The van der Waals surface area contributed by atoms with Crippen LogP contribution in [-0.2, 0) is 0 Å². The molecule has 2 aromatic rings. The van der Waals surface area contributed by atoms with Gasteiger partial charge in [-0.15, -0.1) is 0 Å². The van der Waals surface area contributed by atoms with Crippen molar-refractivity contribution in [1.29, 1.82) is 0 Å². The summed E-state index contributed by atoms with van der Waals surface area (Å²) in [6.45, 7) is 0. The largest absolute Gasteiger partial charge is 0.618 e. The minimum absolute atomic E-state index is 0.274. The fourth-order valence-electron chi connectivity index (χ4n) is 1.16. The third-order valence-electron chi connectivity index (χ3n) is 1.77. The highest BCUT2D eigenvalue weighted by Crippen LogP contribution is 2.24. The van der Waals surface area contributed by atoms with E-state index in [1.165, 1.54) is 12.1 Å². The zero-order chi connectivity index (χ0) is 10.3. The molecular formula is C8H4Cl2N2O2. The van der Waals surface area contributed by atoms with Crippen LogP contribution in [-0.4, -0.2) is 4.98 Å². The first-order chi connectivity index (χ1) is 6.58. The number of nitrogens with zero attached hydrogens (tertiary/aromatic N) is 1. The van der Waals surface area contributed by atoms with Crippen LogP contribution in [0.3, 0.4) is 0 Å². The van der Waals surface area contributed by atoms with E-state index in [-0.39, 0.29) is 10.5 Å². The lowest BCUT2D eigenvalue weighted by Gasteiger charge is -2.01. The Balaban J connectivity index is 2.96. The number of aromatic amines is 1. The zero-order valence-electron chi connectivity index (χ0n) is 6.75. The first-order valence-corrected chi connectivity index (χ1v) is 4.45. The van der Waals surface area contributed by atoms with Crippen LogP contribution in [0, 0.1) is 5.21 Å². The number of aromatic nitrogens is 2. The van der Waals surface area contributed by atoms with Crippen LogP contribution in [0.4, 0.5) is 0 Å². The van der Waals surface area contributed by atoms with Gasteiger partial charge in [0.25, 0.3) is 0 Å². The summed E-state index contributed by atoms with van der Waals surface area (Å²) in [5.41, 5.74) is 0.159. The van der Waals surface area contributed by atoms with Gasteiger partial charge in [-0.1, -0.05) is 23.2 Å². The van der Waals surface area contributed by atoms with E-state index in [0.717, 1.165) is 6.20 Å². The Kier molecular flexibility index (Phi) is 2.09. The molecule has 0 amide bonds. The van der Waals surface area contributed by atoms with Gasteiger partial charge in [0.05, 0.1) is 10.0 Å². The monoisotopic (exact) mass is 230 g/mol. The van der Waals surface area contributed by atoms with Crippen LogP contribution in [0.15, 0.2) is 23.1 Å². The van der Waals surface area contributed by atoms with Gasteiger partial charge >= 0.3 is 5.56 Å². The Morgan fingerprint density at radius 1 is 1.29 bits per heavy atom. The van der Waals surface area contributed by atoms with Crippen molar-refractivity contribution >= 4 is 34.2 Å². The van der Waals surface area contributed by atoms with E-state index >= 15 is 0 Å². The SMILES string of the molecule is O=c1c[n+]([O-])c2cc(Cl)c(Cl)cc2[nH]1. The predicted molar refractivity (Wildman–Crippen MR) is 53.5 cm³/mol. The van der Waals surface area contributed by atoms with Crippen LogP contribution in [0.2, 0.25) is 10.0 Å². The molecule has 72 valence electrons. The van der Waals surface area contributed by atoms with Crippen molar-refractivity contribution in [3.63, 3.8) is 0 Å². The number of hydrogen-bond acceptors (Lipinski definition) is 2. The molecule has 0 aliphatic carbocycles. The highest BCUT2D eigenvalue weighted by Gasteiger charge is 2.09. The maximum absolute atomic E-state index is 11.3. The molecule has 0 aliphatic heterocycles. The second-order valence-electron chi connectivity index (χ2n) is 2.73. The second kappa shape index (κ2) is 3.15. The molecule has 0 saturated heterocycles. The Hall–Kier alpha value is -1.26. The highest BCUT2D eigenvalue weighted by atomic mass is 35.5. The van der Waals surface area contributed by atoms with E-state index in [4.69, 9.17) is 23.2 Å². The van der Waals surface area contributed by atoms with Gasteiger partial charge in [-0.05, 0) is 6.07 Å². The zero-order valence-corrected chi connectivity index (χ0v) is 8.26. The van der Waals surface area contributed by atoms with E-state index in [1.54, 1.807) is 0 Å². The maximum atomic E-state index is 11.3. The molecule has 0 aliphatic rings. The van der Waals surface area contributed by atoms with Crippen LogP contribution in [0.1, 0.15) is 0 Å². The molecule has 0 saturated carbocycles. The van der Waals surface area contributed by atoms with Crippen molar-refractivity contribution in [3.05, 3.63) is 43.9 Å². The Morgan fingerprint density at radius 3 is 2.64 bits per heavy atom. The average molecular weight is 231 g/mol. The third-order valence-corrected chi connectivity index (χ3v) is 2.49. The Bertz CT molecular complexity index is 565. The van der Waals surface area contributed by atoms with E-state index in [1.807, 2.05) is 0 Å². The maximum Gasteiger partial charge on any atom is 0.314 e. The summed E-state index contributed by atoms with van der Waals surface area (Å²) in [6.07, 6.45) is 0.895. The molecule has 2 rings (SSSR count). The lowest BCUT2D eigenvalue weighted by Crippen LogP contribution is -2.32. The van der Waals surface area contributed by atoms with E-state index < -0.39 is 5.56 Å². The van der Waals surface area contributed by atoms with E-state index in [0.29, 0.717) is 15.3 Å². The minimum Gasteiger partial charge on any atom is -0.618 e. The number of benzene rings is 1. The molecule has 1 N–H and O–H groups in total. The summed E-state index contributed by atoms with van der Waals surface area (Å²) in [4.78, 5) is 13.4. The summed E-state index contributed by atoms with van der Waals surface area (Å²) in [6, 6.07) is 2.84. The number of fused-ring (bicyclic) bond motifs is 1. The van der Waals surface area contributed by atoms with Gasteiger partial charge in [-0.2, -0.15) is 4.73 Å². The summed E-state index contributed by atoms with van der Waals surface area (Å²) in [5.74, 6) is 0. The second-order valence-corrected chi connectivity index (χ2v) is 3.54. The van der Waals surface area contributed by atoms with Crippen LogP contribution in [0.5, 0.6) is 0 Å². The quantitative estimate of drug-likeness (QED) is 0.551. The lowest BCUT2D eigenvalue weighted by atomic mass is 10.3. The van der Waals surface area contributed by atoms with Crippen LogP contribution < -0.4 is 10.3 Å². The first kappa shape index (κ1) is 9.30. The van der Waals surface area contributed by atoms with Crippen molar-refractivity contribution in [2.75, 3.05) is 0 Å². The molecule has 0 unspecified atom stereocenters. The molecule has 6 heteroatoms. The summed E-state index contributed by atoms with van der Waals surface area (Å²) < 4.78 is 0.455. The number of H-pyrrole nitrogens is 1. The molecule has 4 nitrogen and oxygen atoms in total. The normalized spacial score (nSPS) is 10.7. The molecule has 0 radical (unpaired) electrons. The number of nitrogens with one attached hydrogen (secondary N) is 1. The van der Waals surface area contributed by atoms with Crippen molar-refractivity contribution in [3.8, 4) is 0 Å². The van der Waals surface area contributed by atoms with Gasteiger partial charge in [0.2, 0.25) is 11.7 Å². The molecule has 14 heavy (non-hydrogen) atoms. The Morgan fingerprint density at radius 2 is 1.93 bits per heavy atom. The van der Waals surface area contributed by atoms with Crippen molar-refractivity contribution < 1.29 is 4.73 Å². The van der Waals surface area contributed by atoms with Gasteiger partial charge in [0, 0.05) is 6.07 Å². The van der Waals surface area contributed by atoms with Crippen LogP contribution in [0.25, 0.3) is 11.0 Å².